The summed E-state index contributed by atoms with van der Waals surface area (Å²) in [6.07, 6.45) is 0. The van der Waals surface area contributed by atoms with Gasteiger partial charge in [0.25, 0.3) is 0 Å². The monoisotopic (exact) mass is 279 g/mol. The summed E-state index contributed by atoms with van der Waals surface area (Å²) in [5, 5.41) is 6.10. The predicted molar refractivity (Wildman–Crippen MR) is 78.7 cm³/mol. The minimum atomic E-state index is -0.226. The third kappa shape index (κ3) is 3.11. The van der Waals surface area contributed by atoms with E-state index < -0.39 is 0 Å². The molecule has 19 heavy (non-hydrogen) atoms. The average Bonchev–Trinajstić information content (AvgIpc) is 2.88. The summed E-state index contributed by atoms with van der Waals surface area (Å²) in [5.41, 5.74) is 1.85. The lowest BCUT2D eigenvalue weighted by atomic mass is 10.3. The number of hydrogen-bond donors (Lipinski definition) is 1. The first-order valence-electron chi connectivity index (χ1n) is 6.31. The van der Waals surface area contributed by atoms with Crippen molar-refractivity contribution in [3.05, 3.63) is 41.2 Å². The van der Waals surface area contributed by atoms with Gasteiger partial charge in [0.2, 0.25) is 0 Å². The molecule has 1 aromatic carbocycles. The van der Waals surface area contributed by atoms with Gasteiger partial charge in [-0.2, -0.15) is 0 Å². The molecular weight excluding hydrogens is 261 g/mol. The SMILES string of the molecule is CCN(c1cccc(F)c1)c1nc(C(C)NC)cs1. The van der Waals surface area contributed by atoms with E-state index in [1.807, 2.05) is 30.3 Å². The fourth-order valence-corrected chi connectivity index (χ4v) is 2.82. The zero-order chi connectivity index (χ0) is 13.8. The van der Waals surface area contributed by atoms with Crippen molar-refractivity contribution in [1.82, 2.24) is 10.3 Å². The minimum absolute atomic E-state index is 0.219. The number of nitrogens with zero attached hydrogens (tertiary/aromatic N) is 2. The number of aromatic nitrogens is 1. The maximum atomic E-state index is 13.3. The number of thiazole rings is 1. The molecular formula is C14H18FN3S. The number of nitrogens with one attached hydrogen (secondary N) is 1. The van der Waals surface area contributed by atoms with Crippen LogP contribution in [0.4, 0.5) is 15.2 Å². The summed E-state index contributed by atoms with van der Waals surface area (Å²) < 4.78 is 13.3. The molecule has 1 N–H and O–H groups in total. The van der Waals surface area contributed by atoms with Crippen molar-refractivity contribution in [3.63, 3.8) is 0 Å². The molecule has 0 aliphatic heterocycles. The summed E-state index contributed by atoms with van der Waals surface area (Å²) in [6, 6.07) is 6.82. The van der Waals surface area contributed by atoms with Crippen molar-refractivity contribution in [3.8, 4) is 0 Å². The Morgan fingerprint density at radius 1 is 1.47 bits per heavy atom. The summed E-state index contributed by atoms with van der Waals surface area (Å²) in [4.78, 5) is 6.63. The molecule has 2 aromatic rings. The molecule has 5 heteroatoms. The highest BCUT2D eigenvalue weighted by Gasteiger charge is 2.14. The summed E-state index contributed by atoms with van der Waals surface area (Å²) in [6.45, 7) is 4.86. The molecule has 0 radical (unpaired) electrons. The van der Waals surface area contributed by atoms with Gasteiger partial charge in [0.15, 0.2) is 5.13 Å². The van der Waals surface area contributed by atoms with Crippen LogP contribution in [0.15, 0.2) is 29.6 Å². The lowest BCUT2D eigenvalue weighted by Crippen LogP contribution is -2.17. The molecule has 3 nitrogen and oxygen atoms in total. The molecule has 0 fully saturated rings. The first kappa shape index (κ1) is 14.0. The molecule has 0 aliphatic carbocycles. The van der Waals surface area contributed by atoms with Crippen molar-refractivity contribution in [2.24, 2.45) is 0 Å². The van der Waals surface area contributed by atoms with Crippen LogP contribution in [0.5, 0.6) is 0 Å². The number of anilines is 2. The Morgan fingerprint density at radius 3 is 2.89 bits per heavy atom. The maximum absolute atomic E-state index is 13.3. The molecule has 102 valence electrons. The van der Waals surface area contributed by atoms with Gasteiger partial charge in [0, 0.05) is 23.7 Å². The zero-order valence-electron chi connectivity index (χ0n) is 11.4. The Balaban J connectivity index is 2.29. The molecule has 0 aliphatic rings. The second-order valence-electron chi connectivity index (χ2n) is 4.29. The molecule has 2 rings (SSSR count). The highest BCUT2D eigenvalue weighted by molar-refractivity contribution is 7.13. The van der Waals surface area contributed by atoms with Gasteiger partial charge >= 0.3 is 0 Å². The van der Waals surface area contributed by atoms with E-state index in [-0.39, 0.29) is 11.9 Å². The second-order valence-corrected chi connectivity index (χ2v) is 5.13. The molecule has 1 unspecified atom stereocenters. The highest BCUT2D eigenvalue weighted by atomic mass is 32.1. The van der Waals surface area contributed by atoms with E-state index in [9.17, 15) is 4.39 Å². The van der Waals surface area contributed by atoms with Gasteiger partial charge in [-0.3, -0.25) is 0 Å². The number of benzene rings is 1. The van der Waals surface area contributed by atoms with E-state index in [1.54, 1.807) is 17.4 Å². The molecule has 1 atom stereocenters. The molecule has 1 aromatic heterocycles. The van der Waals surface area contributed by atoms with Crippen LogP contribution in [0.3, 0.4) is 0 Å². The van der Waals surface area contributed by atoms with Crippen LogP contribution in [-0.2, 0) is 0 Å². The van der Waals surface area contributed by atoms with Gasteiger partial charge in [0.05, 0.1) is 5.69 Å². The topological polar surface area (TPSA) is 28.2 Å². The Bertz CT molecular complexity index is 541. The van der Waals surface area contributed by atoms with Crippen molar-refractivity contribution in [1.29, 1.82) is 0 Å². The minimum Gasteiger partial charge on any atom is -0.318 e. The van der Waals surface area contributed by atoms with E-state index in [1.165, 1.54) is 12.1 Å². The molecule has 0 amide bonds. The zero-order valence-corrected chi connectivity index (χ0v) is 12.2. The van der Waals surface area contributed by atoms with E-state index in [4.69, 9.17) is 0 Å². The highest BCUT2D eigenvalue weighted by Crippen LogP contribution is 2.30. The van der Waals surface area contributed by atoms with Crippen LogP contribution in [0.25, 0.3) is 0 Å². The third-order valence-electron chi connectivity index (χ3n) is 3.05. The first-order valence-corrected chi connectivity index (χ1v) is 7.19. The predicted octanol–water partition coefficient (Wildman–Crippen LogP) is 3.72. The Morgan fingerprint density at radius 2 is 2.26 bits per heavy atom. The van der Waals surface area contributed by atoms with Gasteiger partial charge < -0.3 is 10.2 Å². The lowest BCUT2D eigenvalue weighted by molar-refractivity contribution is 0.627. The van der Waals surface area contributed by atoms with Gasteiger partial charge in [-0.1, -0.05) is 6.07 Å². The number of hydrogen-bond acceptors (Lipinski definition) is 4. The molecule has 0 saturated heterocycles. The summed E-state index contributed by atoms with van der Waals surface area (Å²) >= 11 is 1.58. The standard InChI is InChI=1S/C14H18FN3S/c1-4-18(12-7-5-6-11(15)8-12)14-17-13(9-19-14)10(2)16-3/h5-10,16H,4H2,1-3H3. The average molecular weight is 279 g/mol. The molecule has 0 saturated carbocycles. The third-order valence-corrected chi connectivity index (χ3v) is 3.94. The van der Waals surface area contributed by atoms with Gasteiger partial charge in [-0.05, 0) is 39.1 Å². The smallest absolute Gasteiger partial charge is 0.190 e. The molecule has 0 bridgehead atoms. The normalized spacial score (nSPS) is 12.4. The van der Waals surface area contributed by atoms with E-state index in [0.29, 0.717) is 0 Å². The van der Waals surface area contributed by atoms with Crippen LogP contribution in [0.2, 0.25) is 0 Å². The summed E-state index contributed by atoms with van der Waals surface area (Å²) in [5.74, 6) is -0.226. The first-order chi connectivity index (χ1) is 9.15. The molecule has 1 heterocycles. The lowest BCUT2D eigenvalue weighted by Gasteiger charge is -2.20. The fourth-order valence-electron chi connectivity index (χ4n) is 1.82. The van der Waals surface area contributed by atoms with Crippen LogP contribution in [0.1, 0.15) is 25.6 Å². The van der Waals surface area contributed by atoms with Gasteiger partial charge in [-0.15, -0.1) is 11.3 Å². The van der Waals surface area contributed by atoms with Crippen molar-refractivity contribution in [2.45, 2.75) is 19.9 Å². The Kier molecular flexibility index (Phi) is 4.50. The van der Waals surface area contributed by atoms with Crippen LogP contribution in [0, 0.1) is 5.82 Å². The van der Waals surface area contributed by atoms with Gasteiger partial charge in [0.1, 0.15) is 5.82 Å². The van der Waals surface area contributed by atoms with Crippen LogP contribution >= 0.6 is 11.3 Å². The number of halogens is 1. The maximum Gasteiger partial charge on any atom is 0.190 e. The quantitative estimate of drug-likeness (QED) is 0.904. The number of rotatable bonds is 5. The Hall–Kier alpha value is -1.46. The van der Waals surface area contributed by atoms with E-state index in [2.05, 4.69) is 17.2 Å². The van der Waals surface area contributed by atoms with Crippen molar-refractivity contribution in [2.75, 3.05) is 18.5 Å². The van der Waals surface area contributed by atoms with E-state index >= 15 is 0 Å². The van der Waals surface area contributed by atoms with Gasteiger partial charge in [-0.25, -0.2) is 9.37 Å². The van der Waals surface area contributed by atoms with E-state index in [0.717, 1.165) is 23.1 Å². The Labute approximate surface area is 117 Å². The van der Waals surface area contributed by atoms with Crippen LogP contribution in [-0.4, -0.2) is 18.6 Å². The van der Waals surface area contributed by atoms with Crippen LogP contribution < -0.4 is 10.2 Å². The molecule has 0 spiro atoms. The fraction of sp³-hybridized carbons (Fsp3) is 0.357. The van der Waals surface area contributed by atoms with Crippen molar-refractivity contribution >= 4 is 22.2 Å². The summed E-state index contributed by atoms with van der Waals surface area (Å²) in [7, 11) is 1.91. The largest absolute Gasteiger partial charge is 0.318 e. The van der Waals surface area contributed by atoms with Crippen molar-refractivity contribution < 1.29 is 4.39 Å². The second kappa shape index (κ2) is 6.12.